The Labute approximate surface area is 264 Å². The molecular weight excluding hydrogens is 544 g/mol. The zero-order chi connectivity index (χ0) is 30.2. The minimum atomic E-state index is -0.571. The van der Waals surface area contributed by atoms with Gasteiger partial charge >= 0.3 is 0 Å². The lowest BCUT2D eigenvalue weighted by molar-refractivity contribution is 0.435. The topological polar surface area (TPSA) is 9.23 Å². The molecule has 2 aliphatic rings. The average Bonchev–Trinajstić information content (AvgIpc) is 3.31. The molecule has 0 N–H and O–H groups in total. The normalized spacial score (nSPS) is 15.0. The van der Waals surface area contributed by atoms with Gasteiger partial charge in [-0.2, -0.15) is 0 Å². The molecule has 1 aliphatic heterocycles. The van der Waals surface area contributed by atoms with Crippen LogP contribution in [0.1, 0.15) is 47.2 Å². The summed E-state index contributed by atoms with van der Waals surface area (Å²) in [5.74, 6) is 1.79. The molecule has 0 saturated carbocycles. The molecule has 7 aromatic rings. The Bertz CT molecular complexity index is 2220. The van der Waals surface area contributed by atoms with Gasteiger partial charge in [0.15, 0.2) is 0 Å². The number of ether oxygens (including phenoxy) is 1. The molecule has 0 amide bonds. The van der Waals surface area contributed by atoms with E-state index >= 15 is 0 Å². The first-order valence-corrected chi connectivity index (χ1v) is 15.8. The maximum Gasteiger partial charge on any atom is 0.132 e. The highest BCUT2D eigenvalue weighted by Gasteiger charge is 2.47. The van der Waals surface area contributed by atoms with Crippen LogP contribution in [0.3, 0.4) is 0 Å². The SMILES string of the molecule is CC1(C)c2cc(-c3cccc4c3C(c3ccccc3)(c3ccccc3)c3ccccc3O4)ccc2-c2cc3ccccc3cc21. The van der Waals surface area contributed by atoms with Gasteiger partial charge in [-0.15, -0.1) is 0 Å². The van der Waals surface area contributed by atoms with Crippen molar-refractivity contribution in [2.24, 2.45) is 0 Å². The summed E-state index contributed by atoms with van der Waals surface area (Å²) in [7, 11) is 0. The summed E-state index contributed by atoms with van der Waals surface area (Å²) in [5.41, 5.74) is 11.9. The summed E-state index contributed by atoms with van der Waals surface area (Å²) in [6.07, 6.45) is 0. The molecule has 0 fully saturated rings. The van der Waals surface area contributed by atoms with E-state index in [1.165, 1.54) is 60.8 Å². The maximum atomic E-state index is 6.77. The monoisotopic (exact) mass is 576 g/mol. The van der Waals surface area contributed by atoms with Crippen LogP contribution in [0.25, 0.3) is 33.0 Å². The third kappa shape index (κ3) is 3.61. The molecule has 0 unspecified atom stereocenters. The number of fused-ring (bicyclic) bond motifs is 6. The minimum absolute atomic E-state index is 0.126. The summed E-state index contributed by atoms with van der Waals surface area (Å²) in [5, 5.41) is 2.58. The Morgan fingerprint density at radius 2 is 1.02 bits per heavy atom. The number of hydrogen-bond donors (Lipinski definition) is 0. The zero-order valence-corrected chi connectivity index (χ0v) is 25.4. The summed E-state index contributed by atoms with van der Waals surface area (Å²) >= 11 is 0. The molecule has 0 atom stereocenters. The van der Waals surface area contributed by atoms with Crippen molar-refractivity contribution >= 4 is 10.8 Å². The minimum Gasteiger partial charge on any atom is -0.457 e. The van der Waals surface area contributed by atoms with Crippen molar-refractivity contribution in [3.05, 3.63) is 191 Å². The van der Waals surface area contributed by atoms with Gasteiger partial charge in [-0.3, -0.25) is 0 Å². The van der Waals surface area contributed by atoms with Crippen molar-refractivity contribution < 1.29 is 4.74 Å². The van der Waals surface area contributed by atoms with Gasteiger partial charge in [0.1, 0.15) is 11.5 Å². The fraction of sp³-hybridized carbons (Fsp3) is 0.0909. The number of para-hydroxylation sites is 1. The van der Waals surface area contributed by atoms with Gasteiger partial charge in [0.05, 0.1) is 5.41 Å². The molecule has 0 saturated heterocycles. The molecular formula is C44H32O. The molecule has 7 aromatic carbocycles. The number of benzene rings is 7. The Morgan fingerprint density at radius 3 is 1.76 bits per heavy atom. The van der Waals surface area contributed by atoms with Crippen LogP contribution in [0, 0.1) is 0 Å². The largest absolute Gasteiger partial charge is 0.457 e. The van der Waals surface area contributed by atoms with E-state index in [4.69, 9.17) is 4.74 Å². The van der Waals surface area contributed by atoms with Crippen molar-refractivity contribution in [1.29, 1.82) is 0 Å². The second-order valence-electron chi connectivity index (χ2n) is 12.9. The third-order valence-electron chi connectivity index (χ3n) is 10.2. The third-order valence-corrected chi connectivity index (χ3v) is 10.2. The van der Waals surface area contributed by atoms with Crippen LogP contribution in [-0.2, 0) is 10.8 Å². The van der Waals surface area contributed by atoms with Gasteiger partial charge in [0.2, 0.25) is 0 Å². The maximum absolute atomic E-state index is 6.77. The Balaban J connectivity index is 1.33. The van der Waals surface area contributed by atoms with Crippen LogP contribution in [-0.4, -0.2) is 0 Å². The molecule has 0 bridgehead atoms. The Hall–Kier alpha value is -5.40. The first-order chi connectivity index (χ1) is 22.1. The van der Waals surface area contributed by atoms with E-state index in [9.17, 15) is 0 Å². The number of hydrogen-bond acceptors (Lipinski definition) is 1. The molecule has 1 heterocycles. The van der Waals surface area contributed by atoms with Gasteiger partial charge in [0.25, 0.3) is 0 Å². The molecule has 1 aliphatic carbocycles. The summed E-state index contributed by atoms with van der Waals surface area (Å²) < 4.78 is 6.77. The Kier molecular flexibility index (Phi) is 5.53. The molecule has 1 heteroatoms. The van der Waals surface area contributed by atoms with E-state index in [1.807, 2.05) is 0 Å². The second-order valence-corrected chi connectivity index (χ2v) is 12.9. The lowest BCUT2D eigenvalue weighted by atomic mass is 9.62. The van der Waals surface area contributed by atoms with Gasteiger partial charge in [-0.05, 0) is 85.6 Å². The fourth-order valence-corrected chi connectivity index (χ4v) is 8.09. The molecule has 214 valence electrons. The number of rotatable bonds is 3. The summed E-state index contributed by atoms with van der Waals surface area (Å²) in [4.78, 5) is 0. The van der Waals surface area contributed by atoms with Gasteiger partial charge in [-0.25, -0.2) is 0 Å². The van der Waals surface area contributed by atoms with Crippen LogP contribution >= 0.6 is 0 Å². The summed E-state index contributed by atoms with van der Waals surface area (Å²) in [6.45, 7) is 4.74. The second kappa shape index (κ2) is 9.55. The van der Waals surface area contributed by atoms with E-state index in [2.05, 4.69) is 172 Å². The lowest BCUT2D eigenvalue weighted by Crippen LogP contribution is -2.34. The average molecular weight is 577 g/mol. The quantitative estimate of drug-likeness (QED) is 0.203. The van der Waals surface area contributed by atoms with E-state index in [1.54, 1.807) is 0 Å². The van der Waals surface area contributed by atoms with Crippen LogP contribution in [0.2, 0.25) is 0 Å². The van der Waals surface area contributed by atoms with Crippen LogP contribution < -0.4 is 4.74 Å². The van der Waals surface area contributed by atoms with E-state index in [0.29, 0.717) is 0 Å². The molecule has 0 radical (unpaired) electrons. The Morgan fingerprint density at radius 1 is 0.422 bits per heavy atom. The first kappa shape index (κ1) is 26.0. The zero-order valence-electron chi connectivity index (χ0n) is 25.4. The molecule has 9 rings (SSSR count). The fourth-order valence-electron chi connectivity index (χ4n) is 8.09. The van der Waals surface area contributed by atoms with E-state index in [-0.39, 0.29) is 5.41 Å². The van der Waals surface area contributed by atoms with E-state index in [0.717, 1.165) is 17.1 Å². The van der Waals surface area contributed by atoms with Crippen LogP contribution in [0.4, 0.5) is 0 Å². The van der Waals surface area contributed by atoms with Gasteiger partial charge in [-0.1, -0.05) is 141 Å². The first-order valence-electron chi connectivity index (χ1n) is 15.8. The predicted octanol–water partition coefficient (Wildman–Crippen LogP) is 11.3. The molecule has 0 spiro atoms. The predicted molar refractivity (Wildman–Crippen MR) is 185 cm³/mol. The molecule has 45 heavy (non-hydrogen) atoms. The highest BCUT2D eigenvalue weighted by atomic mass is 16.5. The smallest absolute Gasteiger partial charge is 0.132 e. The van der Waals surface area contributed by atoms with Crippen molar-refractivity contribution in [1.82, 2.24) is 0 Å². The highest BCUT2D eigenvalue weighted by Crippen LogP contribution is 2.58. The van der Waals surface area contributed by atoms with E-state index < -0.39 is 5.41 Å². The van der Waals surface area contributed by atoms with Crippen molar-refractivity contribution in [3.8, 4) is 33.8 Å². The highest BCUT2D eigenvalue weighted by molar-refractivity contribution is 5.94. The van der Waals surface area contributed by atoms with Gasteiger partial charge < -0.3 is 4.74 Å². The van der Waals surface area contributed by atoms with Crippen LogP contribution in [0.15, 0.2) is 158 Å². The van der Waals surface area contributed by atoms with Crippen molar-refractivity contribution in [2.75, 3.05) is 0 Å². The summed E-state index contributed by atoms with van der Waals surface area (Å²) in [6, 6.07) is 57.6. The molecule has 1 nitrogen and oxygen atoms in total. The standard InChI is InChI=1S/C44H32O/c1-43(2)38-28-31(24-25-35(38)36-26-29-14-9-10-15-30(29)27-39(36)43)34-20-13-23-41-42(34)44(32-16-5-3-6-17-32,33-18-7-4-8-19-33)37-21-11-12-22-40(37)45-41/h3-28H,1-2H3. The van der Waals surface area contributed by atoms with Crippen molar-refractivity contribution in [2.45, 2.75) is 24.7 Å². The molecule has 0 aromatic heterocycles. The van der Waals surface area contributed by atoms with Crippen LogP contribution in [0.5, 0.6) is 11.5 Å². The van der Waals surface area contributed by atoms with Gasteiger partial charge in [0, 0.05) is 16.5 Å². The van der Waals surface area contributed by atoms with Crippen molar-refractivity contribution in [3.63, 3.8) is 0 Å². The lowest BCUT2D eigenvalue weighted by Gasteiger charge is -2.42.